The predicted octanol–water partition coefficient (Wildman–Crippen LogP) is 1.95. The van der Waals surface area contributed by atoms with Crippen LogP contribution in [0.15, 0.2) is 4.99 Å². The van der Waals surface area contributed by atoms with Crippen molar-refractivity contribution < 1.29 is 13.2 Å². The first-order valence-electron chi connectivity index (χ1n) is 11.0. The molecule has 8 heteroatoms. The van der Waals surface area contributed by atoms with Crippen molar-refractivity contribution in [2.75, 3.05) is 39.0 Å². The number of rotatable bonds is 7. The van der Waals surface area contributed by atoms with Crippen molar-refractivity contribution in [2.45, 2.75) is 70.9 Å². The van der Waals surface area contributed by atoms with Crippen LogP contribution in [0.5, 0.6) is 0 Å². The summed E-state index contributed by atoms with van der Waals surface area (Å²) in [6, 6.07) is 0.441. The van der Waals surface area contributed by atoms with Crippen molar-refractivity contribution in [2.24, 2.45) is 16.3 Å². The van der Waals surface area contributed by atoms with Crippen LogP contribution in [0.3, 0.4) is 0 Å². The highest BCUT2D eigenvalue weighted by molar-refractivity contribution is 7.88. The standard InChI is InChI=1S/C20H38N4O3S/c1-4-21-19(22-15-16-8-12-24(13-9-16)28(3,25)26)23-17-14-18(27-5-2)20(17)10-6-7-11-20/h16-18H,4-15H2,1-3H3,(H2,21,22,23). The zero-order chi connectivity index (χ0) is 20.2. The zero-order valence-corrected chi connectivity index (χ0v) is 18.6. The number of hydrogen-bond acceptors (Lipinski definition) is 4. The Hall–Kier alpha value is -0.860. The molecule has 28 heavy (non-hydrogen) atoms. The van der Waals surface area contributed by atoms with E-state index < -0.39 is 10.0 Å². The third-order valence-electron chi connectivity index (χ3n) is 6.89. The van der Waals surface area contributed by atoms with Crippen molar-refractivity contribution in [3.63, 3.8) is 0 Å². The summed E-state index contributed by atoms with van der Waals surface area (Å²) >= 11 is 0. The molecule has 1 spiro atoms. The molecule has 7 nitrogen and oxygen atoms in total. The van der Waals surface area contributed by atoms with Gasteiger partial charge in [0.25, 0.3) is 0 Å². The topological polar surface area (TPSA) is 83.0 Å². The molecule has 0 aromatic heterocycles. The maximum atomic E-state index is 11.7. The molecule has 2 saturated carbocycles. The molecule has 0 bridgehead atoms. The summed E-state index contributed by atoms with van der Waals surface area (Å²) in [4.78, 5) is 4.86. The third-order valence-corrected chi connectivity index (χ3v) is 8.20. The fraction of sp³-hybridized carbons (Fsp3) is 0.950. The van der Waals surface area contributed by atoms with E-state index in [1.165, 1.54) is 31.9 Å². The molecule has 0 aromatic carbocycles. The number of hydrogen-bond donors (Lipinski definition) is 2. The Balaban J connectivity index is 1.55. The van der Waals surface area contributed by atoms with Gasteiger partial charge in [-0.2, -0.15) is 0 Å². The average Bonchev–Trinajstić information content (AvgIpc) is 3.18. The van der Waals surface area contributed by atoms with Crippen LogP contribution in [0, 0.1) is 11.3 Å². The van der Waals surface area contributed by atoms with E-state index in [4.69, 9.17) is 9.73 Å². The van der Waals surface area contributed by atoms with Crippen LogP contribution in [0.25, 0.3) is 0 Å². The molecular formula is C20H38N4O3S. The Morgan fingerprint density at radius 3 is 2.46 bits per heavy atom. The van der Waals surface area contributed by atoms with E-state index in [1.54, 1.807) is 4.31 Å². The minimum Gasteiger partial charge on any atom is -0.378 e. The molecule has 162 valence electrons. The van der Waals surface area contributed by atoms with E-state index in [1.807, 2.05) is 0 Å². The Bertz CT molecular complexity index is 638. The van der Waals surface area contributed by atoms with Gasteiger partial charge in [-0.3, -0.25) is 4.99 Å². The molecule has 3 fully saturated rings. The summed E-state index contributed by atoms with van der Waals surface area (Å²) in [5.41, 5.74) is 0.285. The molecule has 2 unspecified atom stereocenters. The van der Waals surface area contributed by atoms with Crippen LogP contribution in [-0.2, 0) is 14.8 Å². The lowest BCUT2D eigenvalue weighted by Gasteiger charge is -2.54. The van der Waals surface area contributed by atoms with Gasteiger partial charge in [0.1, 0.15) is 0 Å². The Labute approximate surface area is 170 Å². The van der Waals surface area contributed by atoms with Gasteiger partial charge in [0.15, 0.2) is 5.96 Å². The summed E-state index contributed by atoms with van der Waals surface area (Å²) in [5.74, 6) is 1.35. The molecule has 3 rings (SSSR count). The average molecular weight is 415 g/mol. The van der Waals surface area contributed by atoms with Crippen molar-refractivity contribution in [1.82, 2.24) is 14.9 Å². The summed E-state index contributed by atoms with van der Waals surface area (Å²) in [6.07, 6.45) is 9.61. The molecule has 0 radical (unpaired) electrons. The van der Waals surface area contributed by atoms with Gasteiger partial charge in [-0.1, -0.05) is 12.8 Å². The smallest absolute Gasteiger partial charge is 0.211 e. The summed E-state index contributed by atoms with van der Waals surface area (Å²) < 4.78 is 31.0. The van der Waals surface area contributed by atoms with E-state index in [9.17, 15) is 8.42 Å². The third kappa shape index (κ3) is 4.82. The zero-order valence-electron chi connectivity index (χ0n) is 17.7. The van der Waals surface area contributed by atoms with Crippen molar-refractivity contribution in [1.29, 1.82) is 0 Å². The van der Waals surface area contributed by atoms with Crippen LogP contribution in [-0.4, -0.2) is 69.9 Å². The molecule has 0 aromatic rings. The quantitative estimate of drug-likeness (QED) is 0.491. The number of nitrogens with one attached hydrogen (secondary N) is 2. The highest BCUT2D eigenvalue weighted by Crippen LogP contribution is 2.54. The van der Waals surface area contributed by atoms with Gasteiger partial charge in [0, 0.05) is 44.2 Å². The molecule has 2 N–H and O–H groups in total. The highest BCUT2D eigenvalue weighted by Gasteiger charge is 2.56. The van der Waals surface area contributed by atoms with Crippen LogP contribution >= 0.6 is 0 Å². The van der Waals surface area contributed by atoms with Crippen LogP contribution in [0.4, 0.5) is 0 Å². The van der Waals surface area contributed by atoms with Crippen molar-refractivity contribution in [3.05, 3.63) is 0 Å². The number of aliphatic imine (C=N–C) groups is 1. The van der Waals surface area contributed by atoms with E-state index >= 15 is 0 Å². The Morgan fingerprint density at radius 1 is 1.21 bits per heavy atom. The lowest BCUT2D eigenvalue weighted by Crippen LogP contribution is -2.65. The number of sulfonamides is 1. The highest BCUT2D eigenvalue weighted by atomic mass is 32.2. The maximum absolute atomic E-state index is 11.7. The second kappa shape index (κ2) is 9.30. The predicted molar refractivity (Wildman–Crippen MR) is 113 cm³/mol. The molecular weight excluding hydrogens is 376 g/mol. The summed E-state index contributed by atoms with van der Waals surface area (Å²) in [6.45, 7) is 7.80. The van der Waals surface area contributed by atoms with Crippen LogP contribution in [0.2, 0.25) is 0 Å². The minimum atomic E-state index is -3.06. The van der Waals surface area contributed by atoms with Crippen molar-refractivity contribution >= 4 is 16.0 Å². The van der Waals surface area contributed by atoms with Crippen LogP contribution < -0.4 is 10.6 Å². The first kappa shape index (κ1) is 21.8. The Morgan fingerprint density at radius 2 is 1.89 bits per heavy atom. The molecule has 3 aliphatic rings. The van der Waals surface area contributed by atoms with E-state index in [2.05, 4.69) is 24.5 Å². The van der Waals surface area contributed by atoms with Gasteiger partial charge in [-0.25, -0.2) is 12.7 Å². The van der Waals surface area contributed by atoms with Gasteiger partial charge >= 0.3 is 0 Å². The molecule has 1 heterocycles. The summed E-state index contributed by atoms with van der Waals surface area (Å²) in [5, 5.41) is 7.10. The minimum absolute atomic E-state index is 0.285. The monoisotopic (exact) mass is 414 g/mol. The molecule has 1 aliphatic heterocycles. The number of nitrogens with zero attached hydrogens (tertiary/aromatic N) is 2. The number of piperidine rings is 1. The molecule has 1 saturated heterocycles. The lowest BCUT2D eigenvalue weighted by molar-refractivity contribution is -0.125. The van der Waals surface area contributed by atoms with Gasteiger partial charge in [-0.05, 0) is 51.9 Å². The second-order valence-electron chi connectivity index (χ2n) is 8.64. The Kier molecular flexibility index (Phi) is 7.26. The normalized spacial score (nSPS) is 29.0. The van der Waals surface area contributed by atoms with E-state index in [0.29, 0.717) is 31.2 Å². The summed E-state index contributed by atoms with van der Waals surface area (Å²) in [7, 11) is -3.06. The molecule has 0 amide bonds. The number of guanidine groups is 1. The first-order valence-corrected chi connectivity index (χ1v) is 12.9. The molecule has 2 aliphatic carbocycles. The lowest BCUT2D eigenvalue weighted by atomic mass is 9.60. The van der Waals surface area contributed by atoms with Gasteiger partial charge in [0.05, 0.1) is 12.4 Å². The van der Waals surface area contributed by atoms with Gasteiger partial charge in [-0.15, -0.1) is 0 Å². The van der Waals surface area contributed by atoms with E-state index in [-0.39, 0.29) is 5.41 Å². The fourth-order valence-electron chi connectivity index (χ4n) is 5.22. The fourth-order valence-corrected chi connectivity index (χ4v) is 6.09. The first-order chi connectivity index (χ1) is 13.4. The van der Waals surface area contributed by atoms with Crippen molar-refractivity contribution in [3.8, 4) is 0 Å². The van der Waals surface area contributed by atoms with Gasteiger partial charge < -0.3 is 15.4 Å². The van der Waals surface area contributed by atoms with Gasteiger partial charge in [0.2, 0.25) is 10.0 Å². The largest absolute Gasteiger partial charge is 0.378 e. The van der Waals surface area contributed by atoms with Crippen LogP contribution in [0.1, 0.15) is 58.8 Å². The SMILES string of the molecule is CCNC(=NCC1CCN(S(C)(=O)=O)CC1)NC1CC(OCC)C12CCCC2. The second-order valence-corrected chi connectivity index (χ2v) is 10.6. The number of ether oxygens (including phenoxy) is 1. The molecule has 2 atom stereocenters. The van der Waals surface area contributed by atoms with E-state index in [0.717, 1.165) is 44.9 Å². The maximum Gasteiger partial charge on any atom is 0.211 e.